The number of hydrogen-bond acceptors (Lipinski definition) is 3. The van der Waals surface area contributed by atoms with Crippen LogP contribution in [0.25, 0.3) is 0 Å². The zero-order chi connectivity index (χ0) is 16.8. The molecule has 0 atom stereocenters. The molecule has 6 heteroatoms. The van der Waals surface area contributed by atoms with Gasteiger partial charge >= 0.3 is 0 Å². The maximum Gasteiger partial charge on any atom is 0.191 e. The summed E-state index contributed by atoms with van der Waals surface area (Å²) in [5.41, 5.74) is 2.57. The molecule has 0 aliphatic carbocycles. The van der Waals surface area contributed by atoms with Gasteiger partial charge in [-0.2, -0.15) is 0 Å². The predicted octanol–water partition coefficient (Wildman–Crippen LogP) is 3.12. The van der Waals surface area contributed by atoms with Gasteiger partial charge in [0.15, 0.2) is 5.96 Å². The van der Waals surface area contributed by atoms with Crippen LogP contribution in [0.3, 0.4) is 0 Å². The molecule has 0 radical (unpaired) electrons. The smallest absolute Gasteiger partial charge is 0.191 e. The number of fused-ring (bicyclic) bond motifs is 1. The minimum atomic E-state index is 0.668. The summed E-state index contributed by atoms with van der Waals surface area (Å²) in [7, 11) is 1.79. The van der Waals surface area contributed by atoms with Crippen molar-refractivity contribution < 1.29 is 0 Å². The Morgan fingerprint density at radius 2 is 2.17 bits per heavy atom. The first-order chi connectivity index (χ1) is 11.8. The van der Waals surface area contributed by atoms with E-state index in [9.17, 15) is 0 Å². The van der Waals surface area contributed by atoms with E-state index in [0.717, 1.165) is 42.7 Å². The monoisotopic (exact) mass is 362 g/mol. The molecule has 1 aromatic heterocycles. The van der Waals surface area contributed by atoms with E-state index in [2.05, 4.69) is 32.0 Å². The van der Waals surface area contributed by atoms with Crippen LogP contribution < -0.4 is 10.6 Å². The molecule has 1 aromatic carbocycles. The Morgan fingerprint density at radius 1 is 1.29 bits per heavy atom. The molecule has 2 N–H and O–H groups in total. The van der Waals surface area contributed by atoms with Crippen LogP contribution in [-0.2, 0) is 19.5 Å². The molecule has 1 aliphatic rings. The molecule has 3 rings (SSSR count). The van der Waals surface area contributed by atoms with Crippen molar-refractivity contribution in [2.75, 3.05) is 26.7 Å². The SMILES string of the molecule is CN=C(NCCN1CCc2sccc2C1)NCc1ccccc1Cl. The number of thiophene rings is 1. The van der Waals surface area contributed by atoms with Gasteiger partial charge in [-0.1, -0.05) is 29.8 Å². The summed E-state index contributed by atoms with van der Waals surface area (Å²) in [6.07, 6.45) is 1.17. The van der Waals surface area contributed by atoms with Crippen LogP contribution in [-0.4, -0.2) is 37.5 Å². The third kappa shape index (κ3) is 4.50. The average Bonchev–Trinajstić information content (AvgIpc) is 3.07. The molecule has 0 spiro atoms. The van der Waals surface area contributed by atoms with Crippen LogP contribution in [0.4, 0.5) is 0 Å². The lowest BCUT2D eigenvalue weighted by Gasteiger charge is -2.27. The Bertz CT molecular complexity index is 698. The van der Waals surface area contributed by atoms with Crippen molar-refractivity contribution in [1.82, 2.24) is 15.5 Å². The Morgan fingerprint density at radius 3 is 3.00 bits per heavy atom. The summed E-state index contributed by atoms with van der Waals surface area (Å²) in [4.78, 5) is 8.32. The zero-order valence-corrected chi connectivity index (χ0v) is 15.5. The third-order valence-electron chi connectivity index (χ3n) is 4.23. The largest absolute Gasteiger partial charge is 0.355 e. The molecule has 4 nitrogen and oxygen atoms in total. The first kappa shape index (κ1) is 17.3. The second-order valence-electron chi connectivity index (χ2n) is 5.84. The maximum atomic E-state index is 6.18. The number of hydrogen-bond donors (Lipinski definition) is 2. The van der Waals surface area contributed by atoms with Crippen LogP contribution >= 0.6 is 22.9 Å². The Balaban J connectivity index is 1.41. The lowest BCUT2D eigenvalue weighted by atomic mass is 10.1. The Hall–Kier alpha value is -1.56. The van der Waals surface area contributed by atoms with Gasteiger partial charge in [0.05, 0.1) is 0 Å². The number of halogens is 1. The lowest BCUT2D eigenvalue weighted by molar-refractivity contribution is 0.260. The summed E-state index contributed by atoms with van der Waals surface area (Å²) in [6.45, 7) is 4.76. The fourth-order valence-corrected chi connectivity index (χ4v) is 3.96. The topological polar surface area (TPSA) is 39.7 Å². The summed E-state index contributed by atoms with van der Waals surface area (Å²) in [6, 6.07) is 10.1. The molecule has 0 fully saturated rings. The molecule has 2 heterocycles. The van der Waals surface area contributed by atoms with Crippen LogP contribution in [0.15, 0.2) is 40.7 Å². The van der Waals surface area contributed by atoms with E-state index < -0.39 is 0 Å². The quantitative estimate of drug-likeness (QED) is 0.634. The normalized spacial score (nSPS) is 15.2. The van der Waals surface area contributed by atoms with Gasteiger partial charge < -0.3 is 10.6 Å². The van der Waals surface area contributed by atoms with Gasteiger partial charge in [-0.15, -0.1) is 11.3 Å². The maximum absolute atomic E-state index is 6.18. The molecular formula is C18H23ClN4S. The fraction of sp³-hybridized carbons (Fsp3) is 0.389. The van der Waals surface area contributed by atoms with Gasteiger partial charge in [-0.3, -0.25) is 9.89 Å². The van der Waals surface area contributed by atoms with E-state index in [1.807, 2.05) is 35.6 Å². The summed E-state index contributed by atoms with van der Waals surface area (Å²) < 4.78 is 0. The highest BCUT2D eigenvalue weighted by Gasteiger charge is 2.16. The number of rotatable bonds is 5. The van der Waals surface area contributed by atoms with Crippen molar-refractivity contribution in [1.29, 1.82) is 0 Å². The standard InChI is InChI=1S/C18H23ClN4S/c1-20-18(22-12-14-4-2-3-5-16(14)19)21-8-10-23-9-6-17-15(13-23)7-11-24-17/h2-5,7,11H,6,8-10,12-13H2,1H3,(H2,20,21,22). The van der Waals surface area contributed by atoms with Gasteiger partial charge in [0.25, 0.3) is 0 Å². The molecular weight excluding hydrogens is 340 g/mol. The van der Waals surface area contributed by atoms with Crippen molar-refractivity contribution in [2.45, 2.75) is 19.5 Å². The van der Waals surface area contributed by atoms with Crippen LogP contribution in [0, 0.1) is 0 Å². The summed E-state index contributed by atoms with van der Waals surface area (Å²) >= 11 is 8.07. The predicted molar refractivity (Wildman–Crippen MR) is 103 cm³/mol. The minimum absolute atomic E-state index is 0.668. The van der Waals surface area contributed by atoms with Crippen molar-refractivity contribution in [3.63, 3.8) is 0 Å². The number of nitrogens with zero attached hydrogens (tertiary/aromatic N) is 2. The molecule has 0 saturated carbocycles. The summed E-state index contributed by atoms with van der Waals surface area (Å²) in [5, 5.41) is 9.67. The minimum Gasteiger partial charge on any atom is -0.355 e. The third-order valence-corrected chi connectivity index (χ3v) is 5.63. The van der Waals surface area contributed by atoms with Gasteiger partial charge in [0.1, 0.15) is 0 Å². The van der Waals surface area contributed by atoms with Crippen LogP contribution in [0.1, 0.15) is 16.0 Å². The van der Waals surface area contributed by atoms with E-state index >= 15 is 0 Å². The number of aliphatic imine (C=N–C) groups is 1. The number of nitrogens with one attached hydrogen (secondary N) is 2. The first-order valence-corrected chi connectivity index (χ1v) is 9.47. The van der Waals surface area contributed by atoms with E-state index in [-0.39, 0.29) is 0 Å². The van der Waals surface area contributed by atoms with Crippen LogP contribution in [0.2, 0.25) is 5.02 Å². The molecule has 0 amide bonds. The lowest BCUT2D eigenvalue weighted by Crippen LogP contribution is -2.42. The molecule has 2 aromatic rings. The van der Waals surface area contributed by atoms with Gasteiger partial charge in [-0.25, -0.2) is 0 Å². The van der Waals surface area contributed by atoms with E-state index in [1.165, 1.54) is 12.0 Å². The highest BCUT2D eigenvalue weighted by atomic mass is 35.5. The molecule has 0 unspecified atom stereocenters. The fourth-order valence-electron chi connectivity index (χ4n) is 2.87. The van der Waals surface area contributed by atoms with Crippen molar-refractivity contribution in [2.24, 2.45) is 4.99 Å². The van der Waals surface area contributed by atoms with Crippen LogP contribution in [0.5, 0.6) is 0 Å². The number of benzene rings is 1. The van der Waals surface area contributed by atoms with E-state index in [1.54, 1.807) is 11.9 Å². The van der Waals surface area contributed by atoms with Gasteiger partial charge in [-0.05, 0) is 35.1 Å². The van der Waals surface area contributed by atoms with Gasteiger partial charge in [0, 0.05) is 49.7 Å². The zero-order valence-electron chi connectivity index (χ0n) is 13.9. The summed E-state index contributed by atoms with van der Waals surface area (Å²) in [5.74, 6) is 0.808. The first-order valence-electron chi connectivity index (χ1n) is 8.22. The van der Waals surface area contributed by atoms with E-state index in [4.69, 9.17) is 11.6 Å². The van der Waals surface area contributed by atoms with Crippen molar-refractivity contribution in [3.05, 3.63) is 56.7 Å². The highest BCUT2D eigenvalue weighted by Crippen LogP contribution is 2.23. The molecule has 0 bridgehead atoms. The second-order valence-corrected chi connectivity index (χ2v) is 7.25. The average molecular weight is 363 g/mol. The second kappa shape index (κ2) is 8.51. The molecule has 128 valence electrons. The highest BCUT2D eigenvalue weighted by molar-refractivity contribution is 7.10. The Kier molecular flexibility index (Phi) is 6.12. The Labute approximate surface area is 152 Å². The van der Waals surface area contributed by atoms with Crippen molar-refractivity contribution in [3.8, 4) is 0 Å². The van der Waals surface area contributed by atoms with E-state index in [0.29, 0.717) is 6.54 Å². The number of guanidine groups is 1. The molecule has 0 saturated heterocycles. The van der Waals surface area contributed by atoms with Gasteiger partial charge in [0.2, 0.25) is 0 Å². The van der Waals surface area contributed by atoms with Crippen molar-refractivity contribution >= 4 is 28.9 Å². The molecule has 24 heavy (non-hydrogen) atoms. The molecule has 1 aliphatic heterocycles.